The van der Waals surface area contributed by atoms with Crippen molar-refractivity contribution in [3.05, 3.63) is 63.5 Å². The standard InChI is InChI=1S/C19H17ClN2O3S2/c1-11-4-5-12(2)14(8-11)17-10-26-19(21-17)22-18(23)15-9-13(27(3,24)25)6-7-16(15)20/h4-10H,1-3H3,(H,21,22,23). The molecule has 0 saturated heterocycles. The highest BCUT2D eigenvalue weighted by molar-refractivity contribution is 7.90. The van der Waals surface area contributed by atoms with E-state index in [1.54, 1.807) is 0 Å². The van der Waals surface area contributed by atoms with E-state index >= 15 is 0 Å². The number of rotatable bonds is 4. The Labute approximate surface area is 167 Å². The summed E-state index contributed by atoms with van der Waals surface area (Å²) in [4.78, 5) is 17.1. The van der Waals surface area contributed by atoms with E-state index in [9.17, 15) is 13.2 Å². The number of carbonyl (C=O) groups excluding carboxylic acids is 1. The summed E-state index contributed by atoms with van der Waals surface area (Å²) in [7, 11) is -3.44. The molecular formula is C19H17ClN2O3S2. The lowest BCUT2D eigenvalue weighted by atomic mass is 10.0. The van der Waals surface area contributed by atoms with E-state index in [4.69, 9.17) is 11.6 Å². The average molecular weight is 421 g/mol. The highest BCUT2D eigenvalue weighted by atomic mass is 35.5. The smallest absolute Gasteiger partial charge is 0.259 e. The number of hydrogen-bond donors (Lipinski definition) is 1. The van der Waals surface area contributed by atoms with Gasteiger partial charge in [-0.2, -0.15) is 0 Å². The Morgan fingerprint density at radius 3 is 2.59 bits per heavy atom. The second-order valence-corrected chi connectivity index (χ2v) is 9.51. The Kier molecular flexibility index (Phi) is 5.37. The number of sulfone groups is 1. The molecule has 0 aliphatic carbocycles. The molecule has 0 atom stereocenters. The minimum atomic E-state index is -3.44. The minimum Gasteiger partial charge on any atom is -0.298 e. The van der Waals surface area contributed by atoms with Gasteiger partial charge >= 0.3 is 0 Å². The van der Waals surface area contributed by atoms with Crippen molar-refractivity contribution in [1.82, 2.24) is 4.98 Å². The summed E-state index contributed by atoms with van der Waals surface area (Å²) < 4.78 is 23.4. The molecule has 0 fully saturated rings. The monoisotopic (exact) mass is 420 g/mol. The highest BCUT2D eigenvalue weighted by Crippen LogP contribution is 2.29. The summed E-state index contributed by atoms with van der Waals surface area (Å²) in [6.45, 7) is 4.01. The Morgan fingerprint density at radius 1 is 1.15 bits per heavy atom. The molecule has 0 saturated carbocycles. The van der Waals surface area contributed by atoms with Crippen LogP contribution in [0.3, 0.4) is 0 Å². The lowest BCUT2D eigenvalue weighted by molar-refractivity contribution is 0.102. The topological polar surface area (TPSA) is 76.1 Å². The predicted octanol–water partition coefficient (Wildman–Crippen LogP) is 4.74. The van der Waals surface area contributed by atoms with Crippen molar-refractivity contribution in [2.75, 3.05) is 11.6 Å². The quantitative estimate of drug-likeness (QED) is 0.661. The zero-order valence-corrected chi connectivity index (χ0v) is 17.3. The van der Waals surface area contributed by atoms with Crippen molar-refractivity contribution in [1.29, 1.82) is 0 Å². The maximum Gasteiger partial charge on any atom is 0.259 e. The lowest BCUT2D eigenvalue weighted by Crippen LogP contribution is -2.13. The first kappa shape index (κ1) is 19.5. The first-order chi connectivity index (χ1) is 12.6. The average Bonchev–Trinajstić information content (AvgIpc) is 3.04. The van der Waals surface area contributed by atoms with E-state index in [-0.39, 0.29) is 15.5 Å². The van der Waals surface area contributed by atoms with Gasteiger partial charge in [0, 0.05) is 17.2 Å². The second kappa shape index (κ2) is 7.42. The van der Waals surface area contributed by atoms with Crippen LogP contribution in [0.5, 0.6) is 0 Å². The van der Waals surface area contributed by atoms with Gasteiger partial charge in [-0.05, 0) is 43.7 Å². The van der Waals surface area contributed by atoms with Crippen LogP contribution in [0.1, 0.15) is 21.5 Å². The van der Waals surface area contributed by atoms with Crippen LogP contribution in [-0.4, -0.2) is 25.6 Å². The van der Waals surface area contributed by atoms with Crippen LogP contribution in [-0.2, 0) is 9.84 Å². The van der Waals surface area contributed by atoms with Crippen molar-refractivity contribution in [3.63, 3.8) is 0 Å². The maximum atomic E-state index is 12.6. The summed E-state index contributed by atoms with van der Waals surface area (Å²) in [6.07, 6.45) is 1.08. The van der Waals surface area contributed by atoms with Crippen LogP contribution in [0.25, 0.3) is 11.3 Å². The van der Waals surface area contributed by atoms with Gasteiger partial charge in [-0.25, -0.2) is 13.4 Å². The van der Waals surface area contributed by atoms with E-state index < -0.39 is 15.7 Å². The first-order valence-electron chi connectivity index (χ1n) is 7.99. The fraction of sp³-hybridized carbons (Fsp3) is 0.158. The number of nitrogens with zero attached hydrogens (tertiary/aromatic N) is 1. The molecule has 0 aliphatic rings. The number of amides is 1. The van der Waals surface area contributed by atoms with Crippen LogP contribution >= 0.6 is 22.9 Å². The molecule has 0 unspecified atom stereocenters. The number of aromatic nitrogens is 1. The number of halogens is 1. The number of nitrogens with one attached hydrogen (secondary N) is 1. The van der Waals surface area contributed by atoms with Crippen LogP contribution in [0.2, 0.25) is 5.02 Å². The van der Waals surface area contributed by atoms with Gasteiger partial charge in [-0.1, -0.05) is 29.3 Å². The maximum absolute atomic E-state index is 12.6. The number of carbonyl (C=O) groups is 1. The molecule has 0 radical (unpaired) electrons. The number of benzene rings is 2. The Bertz CT molecular complexity index is 1140. The zero-order valence-electron chi connectivity index (χ0n) is 14.9. The molecule has 3 rings (SSSR count). The fourth-order valence-electron chi connectivity index (χ4n) is 2.54. The fourth-order valence-corrected chi connectivity index (χ4v) is 4.10. The Hall–Kier alpha value is -2.22. The molecule has 27 heavy (non-hydrogen) atoms. The van der Waals surface area contributed by atoms with Gasteiger partial charge in [0.1, 0.15) is 0 Å². The number of anilines is 1. The molecule has 0 spiro atoms. The molecule has 0 bridgehead atoms. The van der Waals surface area contributed by atoms with E-state index in [0.29, 0.717) is 5.13 Å². The third-order valence-electron chi connectivity index (χ3n) is 4.00. The Balaban J connectivity index is 1.88. The molecule has 8 heteroatoms. The van der Waals surface area contributed by atoms with E-state index in [1.807, 2.05) is 37.4 Å². The molecule has 3 aromatic rings. The molecule has 2 aromatic carbocycles. The molecule has 0 aliphatic heterocycles. The van der Waals surface area contributed by atoms with Gasteiger partial charge in [0.2, 0.25) is 0 Å². The molecule has 5 nitrogen and oxygen atoms in total. The number of hydrogen-bond acceptors (Lipinski definition) is 5. The summed E-state index contributed by atoms with van der Waals surface area (Å²) in [6, 6.07) is 10.1. The van der Waals surface area contributed by atoms with Crippen molar-refractivity contribution >= 4 is 43.8 Å². The summed E-state index contributed by atoms with van der Waals surface area (Å²) in [5.41, 5.74) is 4.07. The van der Waals surface area contributed by atoms with Crippen LogP contribution in [0.4, 0.5) is 5.13 Å². The largest absolute Gasteiger partial charge is 0.298 e. The molecule has 1 amide bonds. The highest BCUT2D eigenvalue weighted by Gasteiger charge is 2.17. The van der Waals surface area contributed by atoms with Gasteiger partial charge in [-0.15, -0.1) is 11.3 Å². The van der Waals surface area contributed by atoms with Crippen molar-refractivity contribution < 1.29 is 13.2 Å². The van der Waals surface area contributed by atoms with E-state index in [0.717, 1.165) is 28.6 Å². The van der Waals surface area contributed by atoms with E-state index in [1.165, 1.54) is 29.5 Å². The molecule has 1 heterocycles. The molecular weight excluding hydrogens is 404 g/mol. The van der Waals surface area contributed by atoms with Gasteiger partial charge in [0.15, 0.2) is 15.0 Å². The second-order valence-electron chi connectivity index (χ2n) is 6.22. The van der Waals surface area contributed by atoms with Crippen molar-refractivity contribution in [2.24, 2.45) is 0 Å². The van der Waals surface area contributed by atoms with Crippen LogP contribution in [0, 0.1) is 13.8 Å². The normalized spacial score (nSPS) is 11.4. The Morgan fingerprint density at radius 2 is 1.89 bits per heavy atom. The molecule has 1 aromatic heterocycles. The van der Waals surface area contributed by atoms with Crippen molar-refractivity contribution in [2.45, 2.75) is 18.7 Å². The molecule has 1 N–H and O–H groups in total. The predicted molar refractivity (Wildman–Crippen MR) is 110 cm³/mol. The first-order valence-corrected chi connectivity index (χ1v) is 11.1. The number of aryl methyl sites for hydroxylation is 2. The van der Waals surface area contributed by atoms with E-state index in [2.05, 4.69) is 10.3 Å². The minimum absolute atomic E-state index is 0.0345. The van der Waals surface area contributed by atoms with Crippen LogP contribution in [0.15, 0.2) is 46.7 Å². The summed E-state index contributed by atoms with van der Waals surface area (Å²) in [5.74, 6) is -0.507. The zero-order chi connectivity index (χ0) is 19.8. The van der Waals surface area contributed by atoms with Gasteiger partial charge in [-0.3, -0.25) is 10.1 Å². The third-order valence-corrected chi connectivity index (χ3v) is 6.20. The van der Waals surface area contributed by atoms with Gasteiger partial charge in [0.25, 0.3) is 5.91 Å². The van der Waals surface area contributed by atoms with Gasteiger partial charge < -0.3 is 0 Å². The summed E-state index contributed by atoms with van der Waals surface area (Å²) >= 11 is 7.37. The van der Waals surface area contributed by atoms with Crippen LogP contribution < -0.4 is 5.32 Å². The third kappa shape index (κ3) is 4.37. The van der Waals surface area contributed by atoms with Gasteiger partial charge in [0.05, 0.1) is 21.2 Å². The molecule has 140 valence electrons. The SMILES string of the molecule is Cc1ccc(C)c(-c2csc(NC(=O)c3cc(S(C)(=O)=O)ccc3Cl)n2)c1. The summed E-state index contributed by atoms with van der Waals surface area (Å²) in [5, 5.41) is 5.14. The number of thiazole rings is 1. The van der Waals surface area contributed by atoms with Crippen molar-refractivity contribution in [3.8, 4) is 11.3 Å². The lowest BCUT2D eigenvalue weighted by Gasteiger charge is -2.07.